The molecule has 0 unspecified atom stereocenters. The molecule has 0 radical (unpaired) electrons. The molecule has 4 nitrogen and oxygen atoms in total. The summed E-state index contributed by atoms with van der Waals surface area (Å²) in [5, 5.41) is 0. The maximum absolute atomic E-state index is 13.4. The molecule has 2 aliphatic heterocycles. The van der Waals surface area contributed by atoms with Gasteiger partial charge in [-0.25, -0.2) is 13.2 Å². The molecule has 1 spiro atoms. The number of morpholine rings is 1. The minimum absolute atomic E-state index is 0.00746. The first kappa shape index (κ1) is 19.0. The monoisotopic (exact) mass is 390 g/mol. The first-order valence-corrected chi connectivity index (χ1v) is 9.30. The molecular formula is C21H21F3N2O2. The first-order chi connectivity index (χ1) is 13.4. The van der Waals surface area contributed by atoms with Crippen molar-refractivity contribution in [2.45, 2.75) is 25.0 Å². The Morgan fingerprint density at radius 3 is 2.21 bits per heavy atom. The Labute approximate surface area is 161 Å². The van der Waals surface area contributed by atoms with E-state index in [9.17, 15) is 18.0 Å². The molecule has 148 valence electrons. The van der Waals surface area contributed by atoms with E-state index in [0.29, 0.717) is 50.3 Å². The number of halogens is 3. The minimum atomic E-state index is -0.576. The molecule has 0 bridgehead atoms. The largest absolute Gasteiger partial charge is 0.363 e. The number of hydrogen-bond donors (Lipinski definition) is 0. The quantitative estimate of drug-likeness (QED) is 0.804. The van der Waals surface area contributed by atoms with Gasteiger partial charge in [0.1, 0.15) is 24.1 Å². The smallest absolute Gasteiger partial charge is 0.253 e. The summed E-state index contributed by atoms with van der Waals surface area (Å²) in [7, 11) is 0. The number of anilines is 1. The molecule has 1 amide bonds. The standard InChI is InChI=1S/C21H21F3N2O2/c22-16-1-3-19(4-2-16)26-14-21(28-13-20(26)27)5-7-25(8-6-21)12-15-9-17(23)11-18(24)10-15/h1-4,9-11H,5-8,12-14H2. The van der Waals surface area contributed by atoms with Crippen LogP contribution in [0, 0.1) is 17.5 Å². The molecule has 0 atom stereocenters. The Morgan fingerprint density at radius 2 is 1.57 bits per heavy atom. The van der Waals surface area contributed by atoms with E-state index in [-0.39, 0.29) is 18.3 Å². The Bertz CT molecular complexity index is 844. The van der Waals surface area contributed by atoms with Crippen LogP contribution in [0.1, 0.15) is 18.4 Å². The van der Waals surface area contributed by atoms with Crippen LogP contribution in [0.15, 0.2) is 42.5 Å². The zero-order chi connectivity index (χ0) is 19.7. The molecular weight excluding hydrogens is 369 g/mol. The zero-order valence-corrected chi connectivity index (χ0v) is 15.3. The van der Waals surface area contributed by atoms with Gasteiger partial charge in [0.05, 0.1) is 12.1 Å². The fourth-order valence-corrected chi connectivity index (χ4v) is 3.95. The lowest BCUT2D eigenvalue weighted by atomic mass is 9.88. The number of nitrogens with zero attached hydrogens (tertiary/aromatic N) is 2. The van der Waals surface area contributed by atoms with E-state index in [1.54, 1.807) is 17.0 Å². The van der Waals surface area contributed by atoms with Crippen molar-refractivity contribution in [2.24, 2.45) is 0 Å². The van der Waals surface area contributed by atoms with E-state index >= 15 is 0 Å². The van der Waals surface area contributed by atoms with E-state index in [0.717, 1.165) is 6.07 Å². The van der Waals surface area contributed by atoms with Crippen molar-refractivity contribution >= 4 is 11.6 Å². The van der Waals surface area contributed by atoms with Gasteiger partial charge >= 0.3 is 0 Å². The number of ether oxygens (including phenoxy) is 1. The summed E-state index contributed by atoms with van der Waals surface area (Å²) in [4.78, 5) is 16.1. The maximum atomic E-state index is 13.4. The van der Waals surface area contributed by atoms with E-state index in [1.807, 2.05) is 0 Å². The van der Waals surface area contributed by atoms with Gasteiger partial charge < -0.3 is 9.64 Å². The Hall–Kier alpha value is -2.38. The van der Waals surface area contributed by atoms with Gasteiger partial charge in [-0.05, 0) is 54.8 Å². The van der Waals surface area contributed by atoms with Crippen molar-refractivity contribution in [2.75, 3.05) is 31.1 Å². The second-order valence-corrected chi connectivity index (χ2v) is 7.48. The molecule has 0 N–H and O–H groups in total. The highest BCUT2D eigenvalue weighted by Crippen LogP contribution is 2.33. The van der Waals surface area contributed by atoms with E-state index in [1.165, 1.54) is 24.3 Å². The number of rotatable bonds is 3. The van der Waals surface area contributed by atoms with Crippen LogP contribution in [0.2, 0.25) is 0 Å². The van der Waals surface area contributed by atoms with Gasteiger partial charge in [0.25, 0.3) is 5.91 Å². The topological polar surface area (TPSA) is 32.8 Å². The van der Waals surface area contributed by atoms with E-state index < -0.39 is 17.2 Å². The lowest BCUT2D eigenvalue weighted by Gasteiger charge is -2.47. The molecule has 4 rings (SSSR count). The molecule has 0 aromatic heterocycles. The Morgan fingerprint density at radius 1 is 0.929 bits per heavy atom. The number of likely N-dealkylation sites (tertiary alicyclic amines) is 1. The molecule has 2 saturated heterocycles. The average molecular weight is 390 g/mol. The van der Waals surface area contributed by atoms with Gasteiger partial charge in [-0.1, -0.05) is 0 Å². The van der Waals surface area contributed by atoms with Crippen LogP contribution in [0.4, 0.5) is 18.9 Å². The van der Waals surface area contributed by atoms with Gasteiger partial charge in [-0.15, -0.1) is 0 Å². The van der Waals surface area contributed by atoms with Crippen molar-refractivity contribution in [3.8, 4) is 0 Å². The fourth-order valence-electron chi connectivity index (χ4n) is 3.95. The number of piperidine rings is 1. The third-order valence-electron chi connectivity index (χ3n) is 5.48. The van der Waals surface area contributed by atoms with Gasteiger partial charge in [0.2, 0.25) is 0 Å². The van der Waals surface area contributed by atoms with Gasteiger partial charge in [-0.2, -0.15) is 0 Å². The molecule has 0 saturated carbocycles. The van der Waals surface area contributed by atoms with Crippen LogP contribution in [-0.2, 0) is 16.1 Å². The Balaban J connectivity index is 1.41. The highest BCUT2D eigenvalue weighted by Gasteiger charge is 2.42. The third-order valence-corrected chi connectivity index (χ3v) is 5.48. The lowest BCUT2D eigenvalue weighted by molar-refractivity contribution is -0.144. The molecule has 2 aromatic carbocycles. The van der Waals surface area contributed by atoms with E-state index in [4.69, 9.17) is 4.74 Å². The predicted octanol–water partition coefficient (Wildman–Crippen LogP) is 3.50. The van der Waals surface area contributed by atoms with Crippen LogP contribution < -0.4 is 4.90 Å². The van der Waals surface area contributed by atoms with Crippen LogP contribution >= 0.6 is 0 Å². The number of carbonyl (C=O) groups is 1. The van der Waals surface area contributed by atoms with Crippen molar-refractivity contribution in [3.63, 3.8) is 0 Å². The molecule has 28 heavy (non-hydrogen) atoms. The molecule has 0 aliphatic carbocycles. The zero-order valence-electron chi connectivity index (χ0n) is 15.3. The van der Waals surface area contributed by atoms with Crippen LogP contribution in [-0.4, -0.2) is 42.6 Å². The summed E-state index contributed by atoms with van der Waals surface area (Å²) < 4.78 is 45.9. The van der Waals surface area contributed by atoms with Crippen molar-refractivity contribution in [3.05, 3.63) is 65.5 Å². The first-order valence-electron chi connectivity index (χ1n) is 9.30. The SMILES string of the molecule is O=C1COC2(CCN(Cc3cc(F)cc(F)c3)CC2)CN1c1ccc(F)cc1. The lowest BCUT2D eigenvalue weighted by Crippen LogP contribution is -2.58. The van der Waals surface area contributed by atoms with Gasteiger partial charge in [0.15, 0.2) is 0 Å². The summed E-state index contributed by atoms with van der Waals surface area (Å²) in [5.41, 5.74) is 0.805. The van der Waals surface area contributed by atoms with Gasteiger partial charge in [0, 0.05) is 31.4 Å². The number of carbonyl (C=O) groups excluding carboxylic acids is 1. The average Bonchev–Trinajstić information content (AvgIpc) is 2.66. The van der Waals surface area contributed by atoms with Crippen LogP contribution in [0.5, 0.6) is 0 Å². The maximum Gasteiger partial charge on any atom is 0.253 e. The van der Waals surface area contributed by atoms with Crippen molar-refractivity contribution in [1.82, 2.24) is 4.90 Å². The fraction of sp³-hybridized carbons (Fsp3) is 0.381. The summed E-state index contributed by atoms with van der Waals surface area (Å²) >= 11 is 0. The van der Waals surface area contributed by atoms with Crippen molar-refractivity contribution in [1.29, 1.82) is 0 Å². The predicted molar refractivity (Wildman–Crippen MR) is 98.3 cm³/mol. The molecule has 2 heterocycles. The molecule has 2 aliphatic rings. The molecule has 2 fully saturated rings. The summed E-state index contributed by atoms with van der Waals surface area (Å²) in [5.74, 6) is -1.64. The minimum Gasteiger partial charge on any atom is -0.363 e. The third kappa shape index (κ3) is 4.05. The normalized spacial score (nSPS) is 20.0. The van der Waals surface area contributed by atoms with Crippen LogP contribution in [0.25, 0.3) is 0 Å². The second-order valence-electron chi connectivity index (χ2n) is 7.48. The van der Waals surface area contributed by atoms with Gasteiger partial charge in [-0.3, -0.25) is 9.69 Å². The second kappa shape index (κ2) is 7.56. The number of amides is 1. The number of benzene rings is 2. The highest BCUT2D eigenvalue weighted by molar-refractivity contribution is 5.95. The van der Waals surface area contributed by atoms with E-state index in [2.05, 4.69) is 4.90 Å². The highest BCUT2D eigenvalue weighted by atomic mass is 19.1. The summed E-state index contributed by atoms with van der Waals surface area (Å²) in [6, 6.07) is 9.43. The van der Waals surface area contributed by atoms with Crippen LogP contribution in [0.3, 0.4) is 0 Å². The van der Waals surface area contributed by atoms with Crippen molar-refractivity contribution < 1.29 is 22.7 Å². The molecule has 2 aromatic rings. The molecule has 7 heteroatoms. The number of hydrogen-bond acceptors (Lipinski definition) is 3. The Kier molecular flexibility index (Phi) is 5.12. The summed E-state index contributed by atoms with van der Waals surface area (Å²) in [6.45, 7) is 2.27. The summed E-state index contributed by atoms with van der Waals surface area (Å²) in [6.07, 6.45) is 1.41.